The molecule has 4 aliphatic carbocycles. The molecule has 3 saturated carbocycles. The van der Waals surface area contributed by atoms with E-state index in [-0.39, 0.29) is 33.1 Å². The Morgan fingerprint density at radius 1 is 0.900 bits per heavy atom. The van der Waals surface area contributed by atoms with E-state index in [1.165, 1.54) is 25.7 Å². The summed E-state index contributed by atoms with van der Waals surface area (Å²) in [6.07, 6.45) is 15.3. The van der Waals surface area contributed by atoms with E-state index in [9.17, 15) is 5.26 Å². The lowest BCUT2D eigenvalue weighted by molar-refractivity contribution is -0.0459. The SMILES string of the molecule is CC(C)=CC(C#N)(C[C@@H](C)[C@H]1CC[C@H]2C3=CC=C4C[C@@H](O[Si](C)(C)C(C)(C)C)C[C@H](O[Si](C)(C)C(C)(C)C)[C@]4(C)[C@H]3CC[C@]12C)O[Si](C)(C)C. The minimum Gasteiger partial charge on any atom is -0.414 e. The first-order valence-electron chi connectivity index (χ1n) is 20.1. The largest absolute Gasteiger partial charge is 0.414 e. The Kier molecular flexibility index (Phi) is 11.6. The fourth-order valence-electron chi connectivity index (χ4n) is 10.2. The van der Waals surface area contributed by atoms with E-state index in [1.54, 1.807) is 11.1 Å². The number of rotatable bonds is 10. The van der Waals surface area contributed by atoms with Gasteiger partial charge >= 0.3 is 0 Å². The fourth-order valence-corrected chi connectivity index (χ4v) is 14.3. The predicted molar refractivity (Wildman–Crippen MR) is 221 cm³/mol. The molecule has 0 spiro atoms. The van der Waals surface area contributed by atoms with Crippen LogP contribution in [-0.2, 0) is 13.3 Å². The summed E-state index contributed by atoms with van der Waals surface area (Å²) in [7, 11) is -5.94. The number of hydrogen-bond acceptors (Lipinski definition) is 4. The van der Waals surface area contributed by atoms with Gasteiger partial charge in [-0.3, -0.25) is 0 Å². The third kappa shape index (κ3) is 8.02. The van der Waals surface area contributed by atoms with Crippen molar-refractivity contribution < 1.29 is 13.3 Å². The highest BCUT2D eigenvalue weighted by Crippen LogP contribution is 2.67. The Hall–Kier alpha value is -0.759. The van der Waals surface area contributed by atoms with Crippen molar-refractivity contribution in [3.05, 3.63) is 34.9 Å². The van der Waals surface area contributed by atoms with Gasteiger partial charge < -0.3 is 13.3 Å². The zero-order chi connectivity index (χ0) is 38.1. The molecule has 0 aromatic heterocycles. The molecule has 0 aromatic rings. The van der Waals surface area contributed by atoms with Gasteiger partial charge in [0.05, 0.1) is 12.2 Å². The Labute approximate surface area is 312 Å². The summed E-state index contributed by atoms with van der Waals surface area (Å²) in [6.45, 7) is 42.4. The van der Waals surface area contributed by atoms with Crippen molar-refractivity contribution in [3.8, 4) is 6.07 Å². The summed E-state index contributed by atoms with van der Waals surface area (Å²) in [4.78, 5) is 0. The first-order chi connectivity index (χ1) is 22.5. The molecule has 7 heteroatoms. The quantitative estimate of drug-likeness (QED) is 0.165. The molecule has 0 aliphatic heterocycles. The molecule has 9 atom stereocenters. The minimum absolute atomic E-state index is 0.0114. The summed E-state index contributed by atoms with van der Waals surface area (Å²) >= 11 is 0. The summed E-state index contributed by atoms with van der Waals surface area (Å²) in [5.41, 5.74) is 3.80. The van der Waals surface area contributed by atoms with Crippen LogP contribution in [0.15, 0.2) is 34.9 Å². The number of allylic oxidation sites excluding steroid dienone is 4. The van der Waals surface area contributed by atoms with E-state index < -0.39 is 30.6 Å². The van der Waals surface area contributed by atoms with Crippen LogP contribution in [0.25, 0.3) is 0 Å². The Balaban J connectivity index is 1.70. The second-order valence-electron chi connectivity index (χ2n) is 21.9. The van der Waals surface area contributed by atoms with Gasteiger partial charge in [0.1, 0.15) is 6.07 Å². The van der Waals surface area contributed by atoms with Crippen molar-refractivity contribution in [1.82, 2.24) is 0 Å². The third-order valence-electron chi connectivity index (χ3n) is 14.7. The molecule has 284 valence electrons. The highest BCUT2D eigenvalue weighted by molar-refractivity contribution is 6.74. The van der Waals surface area contributed by atoms with Crippen LogP contribution in [0.5, 0.6) is 0 Å². The van der Waals surface area contributed by atoms with E-state index >= 15 is 0 Å². The van der Waals surface area contributed by atoms with Gasteiger partial charge in [0.25, 0.3) is 0 Å². The van der Waals surface area contributed by atoms with Crippen molar-refractivity contribution in [3.63, 3.8) is 0 Å². The van der Waals surface area contributed by atoms with Crippen LogP contribution >= 0.6 is 0 Å². The second-order valence-corrected chi connectivity index (χ2v) is 35.8. The lowest BCUT2D eigenvalue weighted by atomic mass is 9.49. The Morgan fingerprint density at radius 2 is 1.48 bits per heavy atom. The Morgan fingerprint density at radius 3 is 2.00 bits per heavy atom. The van der Waals surface area contributed by atoms with Gasteiger partial charge in [-0.1, -0.05) is 91.2 Å². The third-order valence-corrected chi connectivity index (χ3v) is 24.7. The molecule has 0 saturated heterocycles. The normalized spacial score (nSPS) is 33.9. The number of nitriles is 1. The second kappa shape index (κ2) is 13.8. The fraction of sp³-hybridized carbons (Fsp3) is 0.837. The van der Waals surface area contributed by atoms with E-state index in [0.29, 0.717) is 23.7 Å². The zero-order valence-electron chi connectivity index (χ0n) is 35.8. The van der Waals surface area contributed by atoms with Gasteiger partial charge in [-0.2, -0.15) is 5.26 Å². The minimum atomic E-state index is -2.05. The lowest BCUT2D eigenvalue weighted by Crippen LogP contribution is -2.58. The monoisotopic (exact) mass is 740 g/mol. The average molecular weight is 740 g/mol. The molecular formula is C43H77NO3Si3. The van der Waals surface area contributed by atoms with Crippen LogP contribution < -0.4 is 0 Å². The molecule has 0 N–H and O–H groups in total. The highest BCUT2D eigenvalue weighted by Gasteiger charge is 2.61. The summed E-state index contributed by atoms with van der Waals surface area (Å²) < 4.78 is 21.5. The molecule has 3 fully saturated rings. The van der Waals surface area contributed by atoms with Crippen LogP contribution in [0, 0.1) is 45.8 Å². The van der Waals surface area contributed by atoms with E-state index in [1.807, 2.05) is 0 Å². The molecule has 0 bridgehead atoms. The zero-order valence-corrected chi connectivity index (χ0v) is 38.8. The topological polar surface area (TPSA) is 51.5 Å². The maximum Gasteiger partial charge on any atom is 0.192 e. The smallest absolute Gasteiger partial charge is 0.192 e. The van der Waals surface area contributed by atoms with E-state index in [0.717, 1.165) is 24.8 Å². The molecule has 4 rings (SSSR count). The first kappa shape index (κ1) is 42.0. The van der Waals surface area contributed by atoms with Crippen LogP contribution in [0.3, 0.4) is 0 Å². The van der Waals surface area contributed by atoms with Gasteiger partial charge in [0.15, 0.2) is 30.6 Å². The van der Waals surface area contributed by atoms with Crippen molar-refractivity contribution in [2.24, 2.45) is 34.5 Å². The average Bonchev–Trinajstić information content (AvgIpc) is 3.28. The number of fused-ring (bicyclic) bond motifs is 5. The standard InChI is InChI=1S/C43H77NO3Si3/c1-30(2)27-43(29-44,47-48(12,13)14)28-31(3)35-21-22-36-34-20-19-32-25-33(45-49(15,16)39(4,5)6)26-38(46-50(17,18)40(7,8)9)42(32,11)37(34)23-24-41(35,36)10/h19-20,27,31,33,35-38H,21-26,28H2,1-18H3/t31-,33-,35-,36+,37+,38+,41-,42+,43?/m1/s1. The summed E-state index contributed by atoms with van der Waals surface area (Å²) in [6, 6.07) is 2.68. The van der Waals surface area contributed by atoms with Gasteiger partial charge in [-0.15, -0.1) is 0 Å². The van der Waals surface area contributed by atoms with Crippen LogP contribution in [0.4, 0.5) is 0 Å². The Bertz CT molecular complexity index is 1400. The molecule has 50 heavy (non-hydrogen) atoms. The predicted octanol–water partition coefficient (Wildman–Crippen LogP) is 13.0. The first-order valence-corrected chi connectivity index (χ1v) is 29.3. The molecule has 4 aliphatic rings. The van der Waals surface area contributed by atoms with Crippen molar-refractivity contribution in [2.75, 3.05) is 0 Å². The van der Waals surface area contributed by atoms with Crippen molar-refractivity contribution >= 4 is 25.0 Å². The number of hydrogen-bond donors (Lipinski definition) is 0. The van der Waals surface area contributed by atoms with Crippen LogP contribution in [-0.4, -0.2) is 42.8 Å². The van der Waals surface area contributed by atoms with Gasteiger partial charge in [0.2, 0.25) is 0 Å². The maximum absolute atomic E-state index is 10.6. The van der Waals surface area contributed by atoms with Crippen LogP contribution in [0.1, 0.15) is 121 Å². The summed E-state index contributed by atoms with van der Waals surface area (Å²) in [5.74, 6) is 2.06. The van der Waals surface area contributed by atoms with Crippen molar-refractivity contribution in [1.29, 1.82) is 5.26 Å². The summed E-state index contributed by atoms with van der Waals surface area (Å²) in [5, 5.41) is 10.9. The lowest BCUT2D eigenvalue weighted by Gasteiger charge is -2.59. The van der Waals surface area contributed by atoms with Gasteiger partial charge in [-0.05, 0) is 150 Å². The highest BCUT2D eigenvalue weighted by atomic mass is 28.4. The van der Waals surface area contributed by atoms with Crippen molar-refractivity contribution in [2.45, 2.75) is 195 Å². The molecule has 0 amide bonds. The molecule has 4 nitrogen and oxygen atoms in total. The molecule has 0 heterocycles. The van der Waals surface area contributed by atoms with E-state index in [2.05, 4.69) is 146 Å². The van der Waals surface area contributed by atoms with Gasteiger partial charge in [-0.25, -0.2) is 0 Å². The molecule has 0 radical (unpaired) electrons. The van der Waals surface area contributed by atoms with Crippen LogP contribution in [0.2, 0.25) is 55.9 Å². The van der Waals surface area contributed by atoms with E-state index in [4.69, 9.17) is 13.3 Å². The number of nitrogens with zero attached hydrogens (tertiary/aromatic N) is 1. The molecule has 0 aromatic carbocycles. The molecular weight excluding hydrogens is 663 g/mol. The molecule has 1 unspecified atom stereocenters. The van der Waals surface area contributed by atoms with Gasteiger partial charge in [0, 0.05) is 5.41 Å². The maximum atomic E-state index is 10.6.